The number of carbonyl (C=O) groups excluding carboxylic acids is 1. The van der Waals surface area contributed by atoms with Gasteiger partial charge in [-0.1, -0.05) is 38.8 Å². The van der Waals surface area contributed by atoms with Crippen LogP contribution >= 0.6 is 11.6 Å². The summed E-state index contributed by atoms with van der Waals surface area (Å²) in [6.07, 6.45) is 2.22. The molecule has 0 spiro atoms. The maximum atomic E-state index is 12.1. The standard InChI is InChI=1S/C14H19ClN2O/c1-4-9-5-12(9)17-14(18)10-6-11(8(2)3)16-13(15)7-10/h6-9,12H,4-5H2,1-3H3,(H,17,18). The molecule has 98 valence electrons. The Morgan fingerprint density at radius 2 is 2.28 bits per heavy atom. The van der Waals surface area contributed by atoms with Crippen molar-refractivity contribution in [1.82, 2.24) is 10.3 Å². The molecule has 1 fully saturated rings. The van der Waals surface area contributed by atoms with Gasteiger partial charge in [0.2, 0.25) is 0 Å². The van der Waals surface area contributed by atoms with E-state index < -0.39 is 0 Å². The Labute approximate surface area is 113 Å². The Hall–Kier alpha value is -1.09. The van der Waals surface area contributed by atoms with Crippen LogP contribution in [-0.4, -0.2) is 16.9 Å². The van der Waals surface area contributed by atoms with Crippen molar-refractivity contribution in [1.29, 1.82) is 0 Å². The van der Waals surface area contributed by atoms with Crippen molar-refractivity contribution >= 4 is 17.5 Å². The molecule has 1 N–H and O–H groups in total. The Bertz CT molecular complexity index is 459. The monoisotopic (exact) mass is 266 g/mol. The summed E-state index contributed by atoms with van der Waals surface area (Å²) in [7, 11) is 0. The van der Waals surface area contributed by atoms with E-state index in [1.165, 1.54) is 0 Å². The van der Waals surface area contributed by atoms with Crippen LogP contribution in [0.2, 0.25) is 5.15 Å². The fraction of sp³-hybridized carbons (Fsp3) is 0.571. The van der Waals surface area contributed by atoms with Crippen molar-refractivity contribution in [3.63, 3.8) is 0 Å². The molecule has 1 aromatic heterocycles. The first-order valence-corrected chi connectivity index (χ1v) is 6.87. The smallest absolute Gasteiger partial charge is 0.251 e. The molecule has 2 rings (SSSR count). The predicted molar refractivity (Wildman–Crippen MR) is 73.0 cm³/mol. The molecule has 1 amide bonds. The van der Waals surface area contributed by atoms with Crippen LogP contribution < -0.4 is 5.32 Å². The molecule has 2 unspecified atom stereocenters. The molecule has 0 aliphatic heterocycles. The zero-order chi connectivity index (χ0) is 13.3. The van der Waals surface area contributed by atoms with E-state index in [9.17, 15) is 4.79 Å². The lowest BCUT2D eigenvalue weighted by atomic mass is 10.1. The molecule has 0 bridgehead atoms. The summed E-state index contributed by atoms with van der Waals surface area (Å²) in [6.45, 7) is 6.22. The van der Waals surface area contributed by atoms with Crippen molar-refractivity contribution in [3.05, 3.63) is 28.5 Å². The summed E-state index contributed by atoms with van der Waals surface area (Å²) in [5.74, 6) is 0.873. The van der Waals surface area contributed by atoms with Crippen LogP contribution in [0.4, 0.5) is 0 Å². The molecule has 1 aliphatic rings. The van der Waals surface area contributed by atoms with E-state index >= 15 is 0 Å². The third-order valence-corrected chi connectivity index (χ3v) is 3.62. The van der Waals surface area contributed by atoms with E-state index in [2.05, 4.69) is 17.2 Å². The van der Waals surface area contributed by atoms with Gasteiger partial charge in [-0.25, -0.2) is 4.98 Å². The summed E-state index contributed by atoms with van der Waals surface area (Å²) >= 11 is 5.96. The number of nitrogens with one attached hydrogen (secondary N) is 1. The van der Waals surface area contributed by atoms with E-state index in [0.717, 1.165) is 18.5 Å². The maximum Gasteiger partial charge on any atom is 0.251 e. The Morgan fingerprint density at radius 1 is 1.56 bits per heavy atom. The normalized spacial score (nSPS) is 22.1. The Kier molecular flexibility index (Phi) is 3.91. The van der Waals surface area contributed by atoms with Crippen LogP contribution in [0, 0.1) is 5.92 Å². The molecule has 0 radical (unpaired) electrons. The summed E-state index contributed by atoms with van der Waals surface area (Å²) in [5.41, 5.74) is 1.47. The minimum Gasteiger partial charge on any atom is -0.349 e. The van der Waals surface area contributed by atoms with Gasteiger partial charge in [0.1, 0.15) is 5.15 Å². The van der Waals surface area contributed by atoms with Gasteiger partial charge >= 0.3 is 0 Å². The minimum absolute atomic E-state index is 0.0397. The number of carbonyl (C=O) groups is 1. The van der Waals surface area contributed by atoms with E-state index in [4.69, 9.17) is 11.6 Å². The fourth-order valence-corrected chi connectivity index (χ4v) is 2.29. The van der Waals surface area contributed by atoms with Crippen molar-refractivity contribution in [2.45, 2.75) is 45.6 Å². The zero-order valence-corrected chi connectivity index (χ0v) is 11.8. The van der Waals surface area contributed by atoms with Gasteiger partial charge in [-0.2, -0.15) is 0 Å². The summed E-state index contributed by atoms with van der Waals surface area (Å²) < 4.78 is 0. The van der Waals surface area contributed by atoms with Crippen molar-refractivity contribution in [3.8, 4) is 0 Å². The predicted octanol–water partition coefficient (Wildman–Crippen LogP) is 3.39. The molecule has 1 saturated carbocycles. The van der Waals surface area contributed by atoms with Crippen molar-refractivity contribution < 1.29 is 4.79 Å². The molecule has 4 heteroatoms. The van der Waals surface area contributed by atoms with Crippen LogP contribution in [0.1, 0.15) is 55.6 Å². The molecule has 18 heavy (non-hydrogen) atoms. The van der Waals surface area contributed by atoms with Gasteiger partial charge in [0.25, 0.3) is 5.91 Å². The Balaban J connectivity index is 2.10. The van der Waals surface area contributed by atoms with E-state index in [-0.39, 0.29) is 11.8 Å². The van der Waals surface area contributed by atoms with Crippen LogP contribution in [0.5, 0.6) is 0 Å². The van der Waals surface area contributed by atoms with Crippen LogP contribution in [0.25, 0.3) is 0 Å². The van der Waals surface area contributed by atoms with Gasteiger partial charge in [0.05, 0.1) is 0 Å². The summed E-state index contributed by atoms with van der Waals surface area (Å²) in [5, 5.41) is 3.42. The summed E-state index contributed by atoms with van der Waals surface area (Å²) in [4.78, 5) is 16.3. The fourth-order valence-electron chi connectivity index (χ4n) is 2.07. The molecule has 2 atom stereocenters. The second kappa shape index (κ2) is 5.27. The van der Waals surface area contributed by atoms with Crippen LogP contribution in [0.3, 0.4) is 0 Å². The number of hydrogen-bond donors (Lipinski definition) is 1. The van der Waals surface area contributed by atoms with Gasteiger partial charge in [0.15, 0.2) is 0 Å². The number of aromatic nitrogens is 1. The molecule has 3 nitrogen and oxygen atoms in total. The average molecular weight is 267 g/mol. The third-order valence-electron chi connectivity index (χ3n) is 3.43. The first-order valence-electron chi connectivity index (χ1n) is 6.49. The third kappa shape index (κ3) is 3.02. The first-order chi connectivity index (χ1) is 8.51. The lowest BCUT2D eigenvalue weighted by molar-refractivity contribution is 0.0948. The topological polar surface area (TPSA) is 42.0 Å². The number of hydrogen-bond acceptors (Lipinski definition) is 2. The molecule has 1 aliphatic carbocycles. The van der Waals surface area contributed by atoms with Crippen LogP contribution in [-0.2, 0) is 0 Å². The zero-order valence-electron chi connectivity index (χ0n) is 11.0. The first kappa shape index (κ1) is 13.3. The highest BCUT2D eigenvalue weighted by atomic mass is 35.5. The minimum atomic E-state index is -0.0397. The SMILES string of the molecule is CCC1CC1NC(=O)c1cc(Cl)nc(C(C)C)c1. The number of nitrogens with zero attached hydrogens (tertiary/aromatic N) is 1. The molecule has 1 heterocycles. The lowest BCUT2D eigenvalue weighted by Crippen LogP contribution is -2.27. The van der Waals surface area contributed by atoms with Gasteiger partial charge in [0, 0.05) is 17.3 Å². The Morgan fingerprint density at radius 3 is 2.83 bits per heavy atom. The van der Waals surface area contributed by atoms with Gasteiger partial charge in [-0.05, 0) is 30.4 Å². The molecule has 0 saturated heterocycles. The van der Waals surface area contributed by atoms with Crippen molar-refractivity contribution in [2.75, 3.05) is 0 Å². The van der Waals surface area contributed by atoms with Gasteiger partial charge in [-0.15, -0.1) is 0 Å². The average Bonchev–Trinajstić information content (AvgIpc) is 3.06. The summed E-state index contributed by atoms with van der Waals surface area (Å²) in [6, 6.07) is 3.80. The molecular formula is C14H19ClN2O. The van der Waals surface area contributed by atoms with E-state index in [0.29, 0.717) is 22.7 Å². The van der Waals surface area contributed by atoms with E-state index in [1.54, 1.807) is 6.07 Å². The largest absolute Gasteiger partial charge is 0.349 e. The molecule has 1 aromatic rings. The van der Waals surface area contributed by atoms with Crippen molar-refractivity contribution in [2.24, 2.45) is 5.92 Å². The van der Waals surface area contributed by atoms with Crippen LogP contribution in [0.15, 0.2) is 12.1 Å². The number of amides is 1. The number of pyridine rings is 1. The molecule has 0 aromatic carbocycles. The highest BCUT2D eigenvalue weighted by Crippen LogP contribution is 2.33. The number of halogens is 1. The highest BCUT2D eigenvalue weighted by molar-refractivity contribution is 6.29. The second-order valence-corrected chi connectivity index (χ2v) is 5.63. The second-order valence-electron chi connectivity index (χ2n) is 5.24. The lowest BCUT2D eigenvalue weighted by Gasteiger charge is -2.09. The molecular weight excluding hydrogens is 248 g/mol. The maximum absolute atomic E-state index is 12.1. The quantitative estimate of drug-likeness (QED) is 0.849. The number of rotatable bonds is 4. The van der Waals surface area contributed by atoms with Gasteiger partial charge in [-0.3, -0.25) is 4.79 Å². The van der Waals surface area contributed by atoms with Gasteiger partial charge < -0.3 is 5.32 Å². The van der Waals surface area contributed by atoms with E-state index in [1.807, 2.05) is 19.9 Å². The highest BCUT2D eigenvalue weighted by Gasteiger charge is 2.36.